The van der Waals surface area contributed by atoms with Crippen molar-refractivity contribution < 1.29 is 9.26 Å². The highest BCUT2D eigenvalue weighted by Crippen LogP contribution is 2.27. The molecule has 1 aromatic rings. The molecule has 2 N–H and O–H groups in total. The highest BCUT2D eigenvalue weighted by Gasteiger charge is 2.28. The van der Waals surface area contributed by atoms with Gasteiger partial charge in [-0.05, 0) is 25.7 Å². The van der Waals surface area contributed by atoms with Crippen LogP contribution >= 0.6 is 0 Å². The number of rotatable bonds is 8. The van der Waals surface area contributed by atoms with Crippen molar-refractivity contribution in [2.75, 3.05) is 13.2 Å². The maximum absolute atomic E-state index is 6.22. The molecule has 0 radical (unpaired) electrons. The summed E-state index contributed by atoms with van der Waals surface area (Å²) in [6.07, 6.45) is 9.82. The Kier molecular flexibility index (Phi) is 6.18. The summed E-state index contributed by atoms with van der Waals surface area (Å²) in [7, 11) is 0. The number of hydrogen-bond donors (Lipinski definition) is 1. The maximum Gasteiger partial charge on any atom is 0.226 e. The van der Waals surface area contributed by atoms with Crippen LogP contribution in [0.15, 0.2) is 4.52 Å². The van der Waals surface area contributed by atoms with E-state index >= 15 is 0 Å². The number of nitrogens with zero attached hydrogens (tertiary/aromatic N) is 2. The van der Waals surface area contributed by atoms with Crippen LogP contribution in [0.2, 0.25) is 0 Å². The molecule has 21 heavy (non-hydrogen) atoms. The van der Waals surface area contributed by atoms with E-state index in [2.05, 4.69) is 17.1 Å². The Balaban J connectivity index is 1.82. The average Bonchev–Trinajstić information content (AvgIpc) is 2.96. The summed E-state index contributed by atoms with van der Waals surface area (Å²) in [5.41, 5.74) is 5.54. The van der Waals surface area contributed by atoms with E-state index in [4.69, 9.17) is 15.0 Å². The van der Waals surface area contributed by atoms with Crippen molar-refractivity contribution in [3.8, 4) is 0 Å². The first-order valence-electron chi connectivity index (χ1n) is 8.31. The van der Waals surface area contributed by atoms with Gasteiger partial charge in [-0.25, -0.2) is 0 Å². The number of aryl methyl sites for hydroxylation is 1. The lowest BCUT2D eigenvalue weighted by atomic mass is 9.86. The molecule has 5 heteroatoms. The highest BCUT2D eigenvalue weighted by atomic mass is 16.5. The van der Waals surface area contributed by atoms with Gasteiger partial charge in [0.2, 0.25) is 5.89 Å². The molecular weight excluding hydrogens is 266 g/mol. The fourth-order valence-corrected chi connectivity index (χ4v) is 2.88. The lowest BCUT2D eigenvalue weighted by Gasteiger charge is -2.20. The van der Waals surface area contributed by atoms with Gasteiger partial charge in [-0.3, -0.25) is 0 Å². The minimum atomic E-state index is -0.679. The van der Waals surface area contributed by atoms with Crippen LogP contribution < -0.4 is 5.73 Å². The molecular formula is C16H29N3O2. The highest BCUT2D eigenvalue weighted by molar-refractivity contribution is 5.02. The van der Waals surface area contributed by atoms with Crippen molar-refractivity contribution in [3.05, 3.63) is 11.7 Å². The lowest BCUT2D eigenvalue weighted by Crippen LogP contribution is -2.39. The minimum absolute atomic E-state index is 0.419. The van der Waals surface area contributed by atoms with E-state index in [0.29, 0.717) is 24.9 Å². The lowest BCUT2D eigenvalue weighted by molar-refractivity contribution is 0.0867. The number of aromatic nitrogens is 2. The zero-order valence-electron chi connectivity index (χ0n) is 13.4. The molecule has 1 unspecified atom stereocenters. The fraction of sp³-hybridized carbons (Fsp3) is 0.875. The largest absolute Gasteiger partial charge is 0.379 e. The van der Waals surface area contributed by atoms with E-state index in [0.717, 1.165) is 25.2 Å². The minimum Gasteiger partial charge on any atom is -0.379 e. The maximum atomic E-state index is 6.22. The first-order valence-corrected chi connectivity index (χ1v) is 8.31. The molecule has 1 fully saturated rings. The van der Waals surface area contributed by atoms with Crippen LogP contribution in [0.4, 0.5) is 0 Å². The number of hydrogen-bond acceptors (Lipinski definition) is 5. The van der Waals surface area contributed by atoms with E-state index in [9.17, 15) is 0 Å². The quantitative estimate of drug-likeness (QED) is 0.746. The van der Waals surface area contributed by atoms with Crippen LogP contribution in [0, 0.1) is 5.92 Å². The molecule has 0 aromatic carbocycles. The van der Waals surface area contributed by atoms with E-state index in [-0.39, 0.29) is 0 Å². The summed E-state index contributed by atoms with van der Waals surface area (Å²) in [5.74, 6) is 2.09. The Labute approximate surface area is 127 Å². The SMILES string of the molecule is CCCOCC(C)(N)c1noc(CCC2CCCCC2)n1. The Bertz CT molecular complexity index is 411. The monoisotopic (exact) mass is 295 g/mol. The van der Waals surface area contributed by atoms with Crippen LogP contribution in [0.25, 0.3) is 0 Å². The third-order valence-electron chi connectivity index (χ3n) is 4.22. The summed E-state index contributed by atoms with van der Waals surface area (Å²) >= 11 is 0. The van der Waals surface area contributed by atoms with Gasteiger partial charge in [0.05, 0.1) is 6.61 Å². The van der Waals surface area contributed by atoms with Crippen molar-refractivity contribution >= 4 is 0 Å². The van der Waals surface area contributed by atoms with E-state index in [1.54, 1.807) is 0 Å². The zero-order chi connectivity index (χ0) is 15.1. The molecule has 0 spiro atoms. The molecule has 1 aliphatic carbocycles. The smallest absolute Gasteiger partial charge is 0.226 e. The Morgan fingerprint density at radius 1 is 1.33 bits per heavy atom. The van der Waals surface area contributed by atoms with Gasteiger partial charge >= 0.3 is 0 Å². The van der Waals surface area contributed by atoms with E-state index in [1.165, 1.54) is 32.1 Å². The van der Waals surface area contributed by atoms with Gasteiger partial charge in [0.15, 0.2) is 5.82 Å². The molecule has 1 aromatic heterocycles. The second-order valence-electron chi connectivity index (χ2n) is 6.52. The topological polar surface area (TPSA) is 74.2 Å². The summed E-state index contributed by atoms with van der Waals surface area (Å²) in [6.45, 7) is 5.09. The molecule has 5 nitrogen and oxygen atoms in total. The molecule has 0 aliphatic heterocycles. The third-order valence-corrected chi connectivity index (χ3v) is 4.22. The van der Waals surface area contributed by atoms with Gasteiger partial charge in [0.25, 0.3) is 0 Å². The molecule has 0 amide bonds. The predicted molar refractivity (Wildman–Crippen MR) is 81.8 cm³/mol. The van der Waals surface area contributed by atoms with E-state index in [1.807, 2.05) is 6.92 Å². The Hall–Kier alpha value is -0.940. The second kappa shape index (κ2) is 7.90. The standard InChI is InChI=1S/C16H29N3O2/c1-3-11-20-12-16(2,17)15-18-14(21-19-15)10-9-13-7-5-4-6-8-13/h13H,3-12,17H2,1-2H3. The summed E-state index contributed by atoms with van der Waals surface area (Å²) in [5, 5.41) is 4.04. The summed E-state index contributed by atoms with van der Waals surface area (Å²) in [6, 6.07) is 0. The van der Waals surface area contributed by atoms with Crippen molar-refractivity contribution in [3.63, 3.8) is 0 Å². The van der Waals surface area contributed by atoms with Crippen molar-refractivity contribution in [2.45, 2.75) is 70.8 Å². The van der Waals surface area contributed by atoms with Gasteiger partial charge in [-0.15, -0.1) is 0 Å². The van der Waals surface area contributed by atoms with Crippen LogP contribution in [0.1, 0.15) is 70.5 Å². The van der Waals surface area contributed by atoms with Gasteiger partial charge < -0.3 is 15.0 Å². The first kappa shape index (κ1) is 16.4. The van der Waals surface area contributed by atoms with Crippen LogP contribution in [0.3, 0.4) is 0 Å². The first-order chi connectivity index (χ1) is 10.1. The van der Waals surface area contributed by atoms with Crippen molar-refractivity contribution in [1.82, 2.24) is 10.1 Å². The molecule has 120 valence electrons. The Morgan fingerprint density at radius 3 is 2.81 bits per heavy atom. The summed E-state index contributed by atoms with van der Waals surface area (Å²) < 4.78 is 10.9. The molecule has 2 rings (SSSR count). The molecule has 0 saturated heterocycles. The summed E-state index contributed by atoms with van der Waals surface area (Å²) in [4.78, 5) is 4.46. The number of nitrogens with two attached hydrogens (primary N) is 1. The molecule has 0 bridgehead atoms. The van der Waals surface area contributed by atoms with Crippen LogP contribution in [-0.4, -0.2) is 23.4 Å². The van der Waals surface area contributed by atoms with Crippen molar-refractivity contribution in [1.29, 1.82) is 0 Å². The van der Waals surface area contributed by atoms with Gasteiger partial charge in [-0.2, -0.15) is 4.98 Å². The van der Waals surface area contributed by atoms with Gasteiger partial charge in [0.1, 0.15) is 5.54 Å². The van der Waals surface area contributed by atoms with Crippen LogP contribution in [-0.2, 0) is 16.7 Å². The predicted octanol–water partition coefficient (Wildman–Crippen LogP) is 3.18. The normalized spacial score (nSPS) is 19.6. The number of ether oxygens (including phenoxy) is 1. The fourth-order valence-electron chi connectivity index (χ4n) is 2.88. The third kappa shape index (κ3) is 5.08. The van der Waals surface area contributed by atoms with Crippen molar-refractivity contribution in [2.24, 2.45) is 11.7 Å². The van der Waals surface area contributed by atoms with Crippen LogP contribution in [0.5, 0.6) is 0 Å². The van der Waals surface area contributed by atoms with Gasteiger partial charge in [0, 0.05) is 13.0 Å². The second-order valence-corrected chi connectivity index (χ2v) is 6.52. The zero-order valence-corrected chi connectivity index (χ0v) is 13.4. The molecule has 1 atom stereocenters. The molecule has 1 saturated carbocycles. The Morgan fingerprint density at radius 2 is 2.10 bits per heavy atom. The molecule has 1 heterocycles. The van der Waals surface area contributed by atoms with E-state index < -0.39 is 5.54 Å². The molecule has 1 aliphatic rings. The van der Waals surface area contributed by atoms with Gasteiger partial charge in [-0.1, -0.05) is 44.2 Å². The average molecular weight is 295 g/mol.